The van der Waals surface area contributed by atoms with Crippen molar-refractivity contribution in [1.82, 2.24) is 0 Å². The van der Waals surface area contributed by atoms with Crippen molar-refractivity contribution in [2.45, 2.75) is 51.1 Å². The van der Waals surface area contributed by atoms with Gasteiger partial charge in [0, 0.05) is 5.69 Å². The van der Waals surface area contributed by atoms with E-state index in [1.54, 1.807) is 0 Å². The van der Waals surface area contributed by atoms with E-state index in [2.05, 4.69) is 4.72 Å². The Labute approximate surface area is 123 Å². The molecule has 20 heavy (non-hydrogen) atoms. The van der Waals surface area contributed by atoms with Gasteiger partial charge in [-0.05, 0) is 58.9 Å². The van der Waals surface area contributed by atoms with Gasteiger partial charge in [0.25, 0.3) is 0 Å². The first-order valence-electron chi connectivity index (χ1n) is 6.78. The maximum atomic E-state index is 12.0. The van der Waals surface area contributed by atoms with Crippen LogP contribution in [0.2, 0.25) is 0 Å². The predicted molar refractivity (Wildman–Crippen MR) is 82.4 cm³/mol. The Morgan fingerprint density at radius 2 is 1.75 bits per heavy atom. The minimum Gasteiger partial charge on any atom is -0.485 e. The van der Waals surface area contributed by atoms with Gasteiger partial charge in [-0.15, -0.1) is 0 Å². The van der Waals surface area contributed by atoms with E-state index in [-0.39, 0.29) is 16.5 Å². The highest BCUT2D eigenvalue weighted by Crippen LogP contribution is 2.30. The Bertz CT molecular complexity index is 487. The van der Waals surface area contributed by atoms with Crippen LogP contribution in [0, 0.1) is 0 Å². The van der Waals surface area contributed by atoms with Crippen molar-refractivity contribution < 1.29 is 13.7 Å². The highest BCUT2D eigenvalue weighted by molar-refractivity contribution is 7.87. The van der Waals surface area contributed by atoms with E-state index in [0.717, 1.165) is 18.0 Å². The first kappa shape index (κ1) is 15.3. The van der Waals surface area contributed by atoms with E-state index in [4.69, 9.17) is 9.47 Å². The van der Waals surface area contributed by atoms with E-state index in [0.29, 0.717) is 0 Å². The fourth-order valence-electron chi connectivity index (χ4n) is 1.67. The summed E-state index contributed by atoms with van der Waals surface area (Å²) < 4.78 is 25.9. The molecular weight excluding hydrogens is 274 g/mol. The lowest BCUT2D eigenvalue weighted by atomic mass is 10.1. The van der Waals surface area contributed by atoms with Crippen LogP contribution in [0.5, 0.6) is 5.75 Å². The molecule has 0 amide bonds. The minimum atomic E-state index is -1.12. The fraction of sp³-hybridized carbons (Fsp3) is 0.600. The van der Waals surface area contributed by atoms with Crippen LogP contribution in [0.25, 0.3) is 0 Å². The molecular formula is C15H23NO3S. The fourth-order valence-corrected chi connectivity index (χ4v) is 2.33. The van der Waals surface area contributed by atoms with Gasteiger partial charge >= 0.3 is 0 Å². The molecule has 5 heteroatoms. The third-order valence-electron chi connectivity index (χ3n) is 3.11. The van der Waals surface area contributed by atoms with Crippen LogP contribution < -0.4 is 9.46 Å². The number of rotatable bonds is 5. The van der Waals surface area contributed by atoms with E-state index in [9.17, 15) is 4.21 Å². The molecule has 1 aliphatic rings. The SMILES string of the molecule is CC(C)(Oc1ccc(NS(=O)C(C)(C)C)cc1)C1CO1. The van der Waals surface area contributed by atoms with E-state index in [1.165, 1.54) is 0 Å². The van der Waals surface area contributed by atoms with Gasteiger partial charge in [0.2, 0.25) is 0 Å². The maximum absolute atomic E-state index is 12.0. The van der Waals surface area contributed by atoms with Gasteiger partial charge in [-0.25, -0.2) is 4.21 Å². The van der Waals surface area contributed by atoms with Crippen LogP contribution in [0.15, 0.2) is 24.3 Å². The molecule has 2 atom stereocenters. The van der Waals surface area contributed by atoms with Crippen molar-refractivity contribution in [1.29, 1.82) is 0 Å². The van der Waals surface area contributed by atoms with Gasteiger partial charge in [-0.2, -0.15) is 0 Å². The molecule has 1 heterocycles. The van der Waals surface area contributed by atoms with Crippen molar-refractivity contribution in [3.8, 4) is 5.75 Å². The lowest BCUT2D eigenvalue weighted by molar-refractivity contribution is 0.0744. The van der Waals surface area contributed by atoms with Crippen molar-refractivity contribution in [2.75, 3.05) is 11.3 Å². The van der Waals surface area contributed by atoms with Crippen LogP contribution in [-0.2, 0) is 15.7 Å². The van der Waals surface area contributed by atoms with Gasteiger partial charge < -0.3 is 14.2 Å². The summed E-state index contributed by atoms with van der Waals surface area (Å²) in [6.45, 7) is 10.6. The number of epoxide rings is 1. The minimum absolute atomic E-state index is 0.175. The second kappa shape index (κ2) is 5.37. The Morgan fingerprint density at radius 1 is 1.20 bits per heavy atom. The van der Waals surface area contributed by atoms with Crippen LogP contribution in [0.3, 0.4) is 0 Å². The predicted octanol–water partition coefficient (Wildman–Crippen LogP) is 3.12. The zero-order valence-corrected chi connectivity index (χ0v) is 13.5. The molecule has 0 spiro atoms. The largest absolute Gasteiger partial charge is 0.485 e. The Balaban J connectivity index is 1.98. The number of benzene rings is 1. The van der Waals surface area contributed by atoms with Crippen LogP contribution in [0.4, 0.5) is 5.69 Å². The summed E-state index contributed by atoms with van der Waals surface area (Å²) >= 11 is 0. The van der Waals surface area contributed by atoms with Crippen LogP contribution in [0.1, 0.15) is 34.6 Å². The normalized spacial score (nSPS) is 20.4. The molecule has 1 aliphatic heterocycles. The number of hydrogen-bond donors (Lipinski definition) is 1. The molecule has 1 aromatic rings. The molecule has 2 rings (SSSR count). The summed E-state index contributed by atoms with van der Waals surface area (Å²) in [6.07, 6.45) is 0.175. The number of ether oxygens (including phenoxy) is 2. The third-order valence-corrected chi connectivity index (χ3v) is 4.64. The topological polar surface area (TPSA) is 50.9 Å². The Morgan fingerprint density at radius 3 is 2.20 bits per heavy atom. The summed E-state index contributed by atoms with van der Waals surface area (Å²) in [7, 11) is -1.12. The second-order valence-electron chi connectivity index (χ2n) is 6.54. The monoisotopic (exact) mass is 297 g/mol. The first-order chi connectivity index (χ1) is 9.18. The zero-order valence-electron chi connectivity index (χ0n) is 12.7. The first-order valence-corrected chi connectivity index (χ1v) is 7.93. The van der Waals surface area contributed by atoms with E-state index in [1.807, 2.05) is 58.9 Å². The van der Waals surface area contributed by atoms with Gasteiger partial charge in [-0.1, -0.05) is 0 Å². The highest BCUT2D eigenvalue weighted by Gasteiger charge is 2.41. The molecule has 0 aliphatic carbocycles. The van der Waals surface area contributed by atoms with Crippen molar-refractivity contribution in [3.05, 3.63) is 24.3 Å². The summed E-state index contributed by atoms with van der Waals surface area (Å²) in [5.41, 5.74) is 0.509. The standard InChI is InChI=1S/C15H23NO3S/c1-14(2,3)20(17)16-11-6-8-12(9-7-11)19-15(4,5)13-10-18-13/h6-9,13,16H,10H2,1-5H3. The Hall–Kier alpha value is -1.07. The molecule has 112 valence electrons. The van der Waals surface area contributed by atoms with E-state index >= 15 is 0 Å². The quantitative estimate of drug-likeness (QED) is 0.850. The zero-order chi connectivity index (χ0) is 15.0. The van der Waals surface area contributed by atoms with Crippen molar-refractivity contribution >= 4 is 16.7 Å². The second-order valence-corrected chi connectivity index (χ2v) is 8.50. The molecule has 1 fully saturated rings. The van der Waals surface area contributed by atoms with Gasteiger partial charge in [-0.3, -0.25) is 0 Å². The molecule has 4 nitrogen and oxygen atoms in total. The van der Waals surface area contributed by atoms with Crippen LogP contribution in [-0.4, -0.2) is 27.3 Å². The average Bonchev–Trinajstić information content (AvgIpc) is 3.14. The van der Waals surface area contributed by atoms with E-state index < -0.39 is 11.0 Å². The number of hydrogen-bond acceptors (Lipinski definition) is 3. The molecule has 1 N–H and O–H groups in total. The lowest BCUT2D eigenvalue weighted by Crippen LogP contribution is -2.34. The number of nitrogens with one attached hydrogen (secondary N) is 1. The smallest absolute Gasteiger partial charge is 0.132 e. The van der Waals surface area contributed by atoms with Gasteiger partial charge in [0.15, 0.2) is 0 Å². The maximum Gasteiger partial charge on any atom is 0.132 e. The summed E-state index contributed by atoms with van der Waals surface area (Å²) in [5.74, 6) is 0.789. The molecule has 0 aromatic heterocycles. The van der Waals surface area contributed by atoms with Gasteiger partial charge in [0.05, 0.1) is 11.4 Å². The molecule has 1 aromatic carbocycles. The summed E-state index contributed by atoms with van der Waals surface area (Å²) in [4.78, 5) is 0. The number of anilines is 1. The lowest BCUT2D eigenvalue weighted by Gasteiger charge is -2.24. The molecule has 1 saturated heterocycles. The summed E-state index contributed by atoms with van der Waals surface area (Å²) in [6, 6.07) is 7.52. The van der Waals surface area contributed by atoms with Crippen molar-refractivity contribution in [2.24, 2.45) is 0 Å². The average molecular weight is 297 g/mol. The molecule has 0 radical (unpaired) electrons. The highest BCUT2D eigenvalue weighted by atomic mass is 32.2. The van der Waals surface area contributed by atoms with Crippen molar-refractivity contribution in [3.63, 3.8) is 0 Å². The molecule has 0 saturated carbocycles. The molecule has 0 bridgehead atoms. The third kappa shape index (κ3) is 3.96. The summed E-state index contributed by atoms with van der Waals surface area (Å²) in [5, 5.41) is 0. The Kier molecular flexibility index (Phi) is 4.12. The van der Waals surface area contributed by atoms with Gasteiger partial charge in [0.1, 0.15) is 28.4 Å². The van der Waals surface area contributed by atoms with Crippen LogP contribution >= 0.6 is 0 Å². The molecule has 2 unspecified atom stereocenters.